The van der Waals surface area contributed by atoms with E-state index in [1.165, 1.54) is 42.9 Å². The monoisotopic (exact) mass is 299 g/mol. The third-order valence-corrected chi connectivity index (χ3v) is 4.08. The number of anilines is 1. The SMILES string of the molecule is CN=C(C=C(C)C)CCCCN1CCN(c2ccccc2)C1. The molecule has 0 saturated carbocycles. The van der Waals surface area contributed by atoms with Crippen LogP contribution in [0.25, 0.3) is 0 Å². The highest BCUT2D eigenvalue weighted by Crippen LogP contribution is 2.18. The summed E-state index contributed by atoms with van der Waals surface area (Å²) in [4.78, 5) is 9.38. The molecule has 0 unspecified atom stereocenters. The molecular formula is C19H29N3. The third-order valence-electron chi connectivity index (χ3n) is 4.08. The van der Waals surface area contributed by atoms with Gasteiger partial charge in [0, 0.05) is 31.5 Å². The van der Waals surface area contributed by atoms with Crippen molar-refractivity contribution in [3.8, 4) is 0 Å². The zero-order chi connectivity index (χ0) is 15.8. The fraction of sp³-hybridized carbons (Fsp3) is 0.526. The van der Waals surface area contributed by atoms with Gasteiger partial charge in [0.2, 0.25) is 0 Å². The van der Waals surface area contributed by atoms with Gasteiger partial charge < -0.3 is 4.90 Å². The average molecular weight is 299 g/mol. The summed E-state index contributed by atoms with van der Waals surface area (Å²) in [5.41, 5.74) is 3.90. The number of nitrogens with zero attached hydrogens (tertiary/aromatic N) is 3. The van der Waals surface area contributed by atoms with Gasteiger partial charge in [0.05, 0.1) is 6.67 Å². The summed E-state index contributed by atoms with van der Waals surface area (Å²) >= 11 is 0. The van der Waals surface area contributed by atoms with Crippen molar-refractivity contribution in [3.63, 3.8) is 0 Å². The Morgan fingerprint density at radius 1 is 1.14 bits per heavy atom. The number of hydrogen-bond donors (Lipinski definition) is 0. The predicted molar refractivity (Wildman–Crippen MR) is 96.9 cm³/mol. The standard InChI is InChI=1S/C19H29N3/c1-17(2)15-18(20-3)9-7-8-12-21-13-14-22(16-21)19-10-5-4-6-11-19/h4-6,10-11,15H,7-9,12-14,16H2,1-3H3. The minimum atomic E-state index is 1.06. The first-order valence-electron chi connectivity index (χ1n) is 8.32. The summed E-state index contributed by atoms with van der Waals surface area (Å²) in [5, 5.41) is 0. The average Bonchev–Trinajstić information content (AvgIpc) is 2.99. The molecule has 22 heavy (non-hydrogen) atoms. The van der Waals surface area contributed by atoms with Gasteiger partial charge in [-0.2, -0.15) is 0 Å². The summed E-state index contributed by atoms with van der Waals surface area (Å²) in [7, 11) is 1.90. The van der Waals surface area contributed by atoms with Gasteiger partial charge in [0.15, 0.2) is 0 Å². The number of hydrogen-bond acceptors (Lipinski definition) is 3. The molecule has 1 aliphatic rings. The van der Waals surface area contributed by atoms with E-state index in [1.807, 2.05) is 7.05 Å². The van der Waals surface area contributed by atoms with Crippen molar-refractivity contribution in [1.29, 1.82) is 0 Å². The molecule has 1 aromatic rings. The van der Waals surface area contributed by atoms with Gasteiger partial charge >= 0.3 is 0 Å². The number of benzene rings is 1. The molecule has 0 spiro atoms. The number of aliphatic imine (C=N–C) groups is 1. The summed E-state index contributed by atoms with van der Waals surface area (Å²) in [5.74, 6) is 0. The first-order chi connectivity index (χ1) is 10.7. The second-order valence-corrected chi connectivity index (χ2v) is 6.25. The minimum Gasteiger partial charge on any atom is -0.357 e. The van der Waals surface area contributed by atoms with Crippen LogP contribution in [0.3, 0.4) is 0 Å². The Kier molecular flexibility index (Phi) is 6.66. The lowest BCUT2D eigenvalue weighted by Gasteiger charge is -2.19. The van der Waals surface area contributed by atoms with Crippen molar-refractivity contribution in [3.05, 3.63) is 42.0 Å². The molecule has 0 atom stereocenters. The molecule has 0 radical (unpaired) electrons. The molecule has 2 rings (SSSR count). The van der Waals surface area contributed by atoms with Gasteiger partial charge in [-0.1, -0.05) is 23.8 Å². The fourth-order valence-corrected chi connectivity index (χ4v) is 2.90. The van der Waals surface area contributed by atoms with Crippen LogP contribution in [0.15, 0.2) is 47.0 Å². The first-order valence-corrected chi connectivity index (χ1v) is 8.32. The van der Waals surface area contributed by atoms with Crippen LogP contribution in [0, 0.1) is 0 Å². The van der Waals surface area contributed by atoms with E-state index in [0.717, 1.165) is 19.6 Å². The Morgan fingerprint density at radius 2 is 1.91 bits per heavy atom. The highest BCUT2D eigenvalue weighted by Gasteiger charge is 2.19. The largest absolute Gasteiger partial charge is 0.357 e. The van der Waals surface area contributed by atoms with E-state index < -0.39 is 0 Å². The van der Waals surface area contributed by atoms with E-state index in [1.54, 1.807) is 0 Å². The Balaban J connectivity index is 1.68. The molecule has 1 saturated heterocycles. The van der Waals surface area contributed by atoms with Crippen LogP contribution in [-0.4, -0.2) is 44.0 Å². The van der Waals surface area contributed by atoms with Crippen LogP contribution in [0.5, 0.6) is 0 Å². The van der Waals surface area contributed by atoms with Crippen molar-refractivity contribution < 1.29 is 0 Å². The molecule has 3 nitrogen and oxygen atoms in total. The third kappa shape index (κ3) is 5.30. The highest BCUT2D eigenvalue weighted by molar-refractivity contribution is 5.95. The van der Waals surface area contributed by atoms with E-state index >= 15 is 0 Å². The van der Waals surface area contributed by atoms with Crippen molar-refractivity contribution >= 4 is 11.4 Å². The quantitative estimate of drug-likeness (QED) is 0.560. The van der Waals surface area contributed by atoms with Gasteiger partial charge in [0.25, 0.3) is 0 Å². The van der Waals surface area contributed by atoms with Crippen LogP contribution < -0.4 is 4.90 Å². The smallest absolute Gasteiger partial charge is 0.0708 e. The molecule has 0 aliphatic carbocycles. The van der Waals surface area contributed by atoms with Gasteiger partial charge in [0.1, 0.15) is 0 Å². The van der Waals surface area contributed by atoms with Gasteiger partial charge in [-0.25, -0.2) is 0 Å². The van der Waals surface area contributed by atoms with Crippen LogP contribution in [0.2, 0.25) is 0 Å². The molecule has 0 bridgehead atoms. The molecule has 1 aromatic carbocycles. The van der Waals surface area contributed by atoms with Crippen LogP contribution >= 0.6 is 0 Å². The number of unbranched alkanes of at least 4 members (excludes halogenated alkanes) is 1. The number of para-hydroxylation sites is 1. The van der Waals surface area contributed by atoms with Crippen LogP contribution in [0.4, 0.5) is 5.69 Å². The van der Waals surface area contributed by atoms with Gasteiger partial charge in [-0.15, -0.1) is 0 Å². The second-order valence-electron chi connectivity index (χ2n) is 6.25. The maximum Gasteiger partial charge on any atom is 0.0708 e. The summed E-state index contributed by atoms with van der Waals surface area (Å²) in [6.07, 6.45) is 5.77. The van der Waals surface area contributed by atoms with Crippen molar-refractivity contribution in [1.82, 2.24) is 4.90 Å². The fourth-order valence-electron chi connectivity index (χ4n) is 2.90. The van der Waals surface area contributed by atoms with Gasteiger partial charge in [-0.3, -0.25) is 9.89 Å². The van der Waals surface area contributed by atoms with E-state index in [-0.39, 0.29) is 0 Å². The lowest BCUT2D eigenvalue weighted by atomic mass is 10.1. The Labute approximate surface area is 135 Å². The van der Waals surface area contributed by atoms with Crippen LogP contribution in [-0.2, 0) is 0 Å². The molecule has 1 heterocycles. The summed E-state index contributed by atoms with van der Waals surface area (Å²) in [6, 6.07) is 10.7. The van der Waals surface area contributed by atoms with E-state index in [4.69, 9.17) is 0 Å². The summed E-state index contributed by atoms with van der Waals surface area (Å²) in [6.45, 7) is 8.84. The lowest BCUT2D eigenvalue weighted by Crippen LogP contribution is -2.26. The van der Waals surface area contributed by atoms with E-state index in [2.05, 4.69) is 65.0 Å². The maximum absolute atomic E-state index is 4.37. The van der Waals surface area contributed by atoms with Crippen molar-refractivity contribution in [2.24, 2.45) is 4.99 Å². The van der Waals surface area contributed by atoms with Crippen molar-refractivity contribution in [2.45, 2.75) is 33.1 Å². The Bertz CT molecular complexity index is 501. The van der Waals surface area contributed by atoms with Gasteiger partial charge in [-0.05, 0) is 57.9 Å². The molecular weight excluding hydrogens is 270 g/mol. The molecule has 0 amide bonds. The maximum atomic E-state index is 4.37. The van der Waals surface area contributed by atoms with E-state index in [0.29, 0.717) is 0 Å². The molecule has 1 fully saturated rings. The Hall–Kier alpha value is -1.61. The molecule has 0 N–H and O–H groups in total. The zero-order valence-corrected chi connectivity index (χ0v) is 14.3. The highest BCUT2D eigenvalue weighted by atomic mass is 15.4. The minimum absolute atomic E-state index is 1.06. The van der Waals surface area contributed by atoms with Crippen LogP contribution in [0.1, 0.15) is 33.1 Å². The Morgan fingerprint density at radius 3 is 2.59 bits per heavy atom. The van der Waals surface area contributed by atoms with Crippen molar-refractivity contribution in [2.75, 3.05) is 38.3 Å². The molecule has 3 heteroatoms. The molecule has 120 valence electrons. The number of allylic oxidation sites excluding steroid dienone is 2. The first kappa shape index (κ1) is 16.8. The molecule has 1 aliphatic heterocycles. The molecule has 0 aromatic heterocycles. The summed E-state index contributed by atoms with van der Waals surface area (Å²) < 4.78 is 0. The van der Waals surface area contributed by atoms with E-state index in [9.17, 15) is 0 Å². The second kappa shape index (κ2) is 8.74. The number of rotatable bonds is 7. The predicted octanol–water partition coefficient (Wildman–Crippen LogP) is 3.97. The lowest BCUT2D eigenvalue weighted by molar-refractivity contribution is 0.333. The topological polar surface area (TPSA) is 18.8 Å². The zero-order valence-electron chi connectivity index (χ0n) is 14.3. The normalized spacial score (nSPS) is 16.1.